The molecule has 1 aromatic heterocycles. The van der Waals surface area contributed by atoms with Gasteiger partial charge in [0.05, 0.1) is 7.05 Å². The third kappa shape index (κ3) is 3.44. The number of aromatic nitrogens is 2. The fourth-order valence-corrected chi connectivity index (χ4v) is 3.37. The molecule has 0 bridgehead atoms. The Labute approximate surface area is 157 Å². The number of anilines is 1. The maximum Gasteiger partial charge on any atom is 0.355 e. The number of Topliss-reactive ketones (excluding diaryl/α,β-unsaturated/α-hetero) is 1. The summed E-state index contributed by atoms with van der Waals surface area (Å²) >= 11 is 6.87. The summed E-state index contributed by atoms with van der Waals surface area (Å²) in [5.74, 6) is 0.549. The number of nitrogens with two attached hydrogens (primary N) is 1. The lowest BCUT2D eigenvalue weighted by Gasteiger charge is -2.01. The average molecular weight is 450 g/mol. The summed E-state index contributed by atoms with van der Waals surface area (Å²) in [7, 11) is 1.89. The predicted molar refractivity (Wildman–Crippen MR) is 102 cm³/mol. The minimum absolute atomic E-state index is 0.0133. The molecular formula is C18H16Br2N3O+. The van der Waals surface area contributed by atoms with E-state index in [4.69, 9.17) is 5.73 Å². The predicted octanol–water partition coefficient (Wildman–Crippen LogP) is 3.97. The molecule has 0 saturated carbocycles. The Morgan fingerprint density at radius 1 is 1.12 bits per heavy atom. The highest BCUT2D eigenvalue weighted by atomic mass is 79.9. The SMILES string of the molecule is Cn1c(-c2cccc(Br)c2)c[n+](CC(=O)c2cccc(Br)c2)c1N. The van der Waals surface area contributed by atoms with Crippen LogP contribution < -0.4 is 10.3 Å². The summed E-state index contributed by atoms with van der Waals surface area (Å²) in [5.41, 5.74) is 8.83. The topological polar surface area (TPSA) is 51.9 Å². The Bertz CT molecular complexity index is 918. The van der Waals surface area contributed by atoms with E-state index in [-0.39, 0.29) is 12.3 Å². The third-order valence-electron chi connectivity index (χ3n) is 3.86. The van der Waals surface area contributed by atoms with Gasteiger partial charge in [-0.2, -0.15) is 0 Å². The van der Waals surface area contributed by atoms with Gasteiger partial charge in [-0.3, -0.25) is 10.5 Å². The number of hydrogen-bond acceptors (Lipinski definition) is 2. The molecule has 2 N–H and O–H groups in total. The quantitative estimate of drug-likeness (QED) is 0.484. The first kappa shape index (κ1) is 16.9. The van der Waals surface area contributed by atoms with Gasteiger partial charge in [-0.1, -0.05) is 56.1 Å². The maximum absolute atomic E-state index is 12.5. The van der Waals surface area contributed by atoms with E-state index in [0.29, 0.717) is 11.5 Å². The standard InChI is InChI=1S/C18H15Br2N3O/c1-22-16(12-4-2-6-14(19)8-12)10-23(18(22)21)11-17(24)13-5-3-7-15(20)9-13/h2-10,21H,11H2,1H3/p+1. The first-order chi connectivity index (χ1) is 11.5. The van der Waals surface area contributed by atoms with Crippen molar-refractivity contribution in [2.24, 2.45) is 7.05 Å². The first-order valence-electron chi connectivity index (χ1n) is 7.35. The van der Waals surface area contributed by atoms with Gasteiger partial charge < -0.3 is 0 Å². The minimum atomic E-state index is 0.0133. The highest BCUT2D eigenvalue weighted by Crippen LogP contribution is 2.23. The van der Waals surface area contributed by atoms with E-state index in [9.17, 15) is 4.79 Å². The maximum atomic E-state index is 12.5. The highest BCUT2D eigenvalue weighted by Gasteiger charge is 2.20. The average Bonchev–Trinajstić information content (AvgIpc) is 2.83. The van der Waals surface area contributed by atoms with Crippen molar-refractivity contribution >= 4 is 43.6 Å². The van der Waals surface area contributed by atoms with Gasteiger partial charge in [-0.15, -0.1) is 0 Å². The molecule has 0 atom stereocenters. The molecule has 3 rings (SSSR count). The summed E-state index contributed by atoms with van der Waals surface area (Å²) in [6.45, 7) is 0.199. The number of hydrogen-bond donors (Lipinski definition) is 1. The zero-order valence-corrected chi connectivity index (χ0v) is 16.2. The zero-order chi connectivity index (χ0) is 17.3. The molecule has 0 saturated heterocycles. The number of ketones is 1. The van der Waals surface area contributed by atoms with Crippen molar-refractivity contribution in [1.82, 2.24) is 4.57 Å². The Balaban J connectivity index is 1.92. The van der Waals surface area contributed by atoms with Gasteiger partial charge in [0, 0.05) is 20.1 Å². The first-order valence-corrected chi connectivity index (χ1v) is 8.93. The molecule has 24 heavy (non-hydrogen) atoms. The molecular weight excluding hydrogens is 434 g/mol. The van der Waals surface area contributed by atoms with Crippen LogP contribution in [0.25, 0.3) is 11.3 Å². The molecule has 0 radical (unpaired) electrons. The van der Waals surface area contributed by atoms with E-state index in [0.717, 1.165) is 20.2 Å². The molecule has 3 aromatic rings. The van der Waals surface area contributed by atoms with Crippen molar-refractivity contribution in [3.05, 3.63) is 69.2 Å². The number of halogens is 2. The van der Waals surface area contributed by atoms with E-state index in [1.54, 1.807) is 4.57 Å². The van der Waals surface area contributed by atoms with E-state index >= 15 is 0 Å². The Kier molecular flexibility index (Phi) is 4.87. The molecule has 0 fully saturated rings. The van der Waals surface area contributed by atoms with Crippen molar-refractivity contribution in [3.63, 3.8) is 0 Å². The molecule has 122 valence electrons. The number of imidazole rings is 1. The molecule has 0 aliphatic heterocycles. The molecule has 1 heterocycles. The molecule has 0 spiro atoms. The number of nitrogen functional groups attached to an aromatic ring is 1. The monoisotopic (exact) mass is 448 g/mol. The second kappa shape index (κ2) is 6.91. The zero-order valence-electron chi connectivity index (χ0n) is 13.0. The molecule has 6 heteroatoms. The van der Waals surface area contributed by atoms with Crippen molar-refractivity contribution in [2.75, 3.05) is 5.73 Å². The van der Waals surface area contributed by atoms with Crippen LogP contribution in [0.15, 0.2) is 63.7 Å². The molecule has 4 nitrogen and oxygen atoms in total. The fraction of sp³-hybridized carbons (Fsp3) is 0.111. The highest BCUT2D eigenvalue weighted by molar-refractivity contribution is 9.10. The lowest BCUT2D eigenvalue weighted by molar-refractivity contribution is -0.667. The summed E-state index contributed by atoms with van der Waals surface area (Å²) in [5, 5.41) is 0. The number of benzene rings is 2. The smallest absolute Gasteiger partial charge is 0.291 e. The van der Waals surface area contributed by atoms with E-state index in [1.165, 1.54) is 0 Å². The van der Waals surface area contributed by atoms with Crippen LogP contribution in [-0.4, -0.2) is 10.4 Å². The fourth-order valence-electron chi connectivity index (χ4n) is 2.57. The Hall–Kier alpha value is -1.92. The Morgan fingerprint density at radius 3 is 2.46 bits per heavy atom. The van der Waals surface area contributed by atoms with Gasteiger partial charge in [0.1, 0.15) is 18.4 Å². The summed E-state index contributed by atoms with van der Waals surface area (Å²) in [6, 6.07) is 15.4. The summed E-state index contributed by atoms with van der Waals surface area (Å²) in [4.78, 5) is 12.5. The number of rotatable bonds is 4. The van der Waals surface area contributed by atoms with Gasteiger partial charge in [-0.25, -0.2) is 9.13 Å². The van der Waals surface area contributed by atoms with E-state index in [1.807, 2.05) is 66.3 Å². The number of nitrogens with zero attached hydrogens (tertiary/aromatic N) is 2. The van der Waals surface area contributed by atoms with Gasteiger partial charge >= 0.3 is 5.95 Å². The summed E-state index contributed by atoms with van der Waals surface area (Å²) in [6.07, 6.45) is 1.91. The molecule has 0 aliphatic rings. The lowest BCUT2D eigenvalue weighted by atomic mass is 10.1. The van der Waals surface area contributed by atoms with Crippen molar-refractivity contribution in [3.8, 4) is 11.3 Å². The summed E-state index contributed by atoms with van der Waals surface area (Å²) < 4.78 is 5.54. The van der Waals surface area contributed by atoms with Crippen LogP contribution in [-0.2, 0) is 13.6 Å². The molecule has 2 aromatic carbocycles. The number of carbonyl (C=O) groups excluding carboxylic acids is 1. The lowest BCUT2D eigenvalue weighted by Crippen LogP contribution is -2.39. The van der Waals surface area contributed by atoms with E-state index in [2.05, 4.69) is 31.9 Å². The van der Waals surface area contributed by atoms with Crippen molar-refractivity contribution in [1.29, 1.82) is 0 Å². The van der Waals surface area contributed by atoms with Gasteiger partial charge in [0.2, 0.25) is 0 Å². The van der Waals surface area contributed by atoms with Gasteiger partial charge in [0.25, 0.3) is 0 Å². The second-order valence-electron chi connectivity index (χ2n) is 5.50. The van der Waals surface area contributed by atoms with Crippen LogP contribution in [0.4, 0.5) is 5.95 Å². The van der Waals surface area contributed by atoms with Crippen molar-refractivity contribution in [2.45, 2.75) is 6.54 Å². The van der Waals surface area contributed by atoms with Crippen LogP contribution in [0.3, 0.4) is 0 Å². The second-order valence-corrected chi connectivity index (χ2v) is 7.33. The Morgan fingerprint density at radius 2 is 1.79 bits per heavy atom. The third-order valence-corrected chi connectivity index (χ3v) is 4.84. The van der Waals surface area contributed by atoms with Crippen LogP contribution in [0.2, 0.25) is 0 Å². The van der Waals surface area contributed by atoms with E-state index < -0.39 is 0 Å². The molecule has 0 amide bonds. The van der Waals surface area contributed by atoms with Gasteiger partial charge in [-0.05, 0) is 24.3 Å². The van der Waals surface area contributed by atoms with Crippen molar-refractivity contribution < 1.29 is 9.36 Å². The van der Waals surface area contributed by atoms with Crippen LogP contribution in [0.1, 0.15) is 10.4 Å². The van der Waals surface area contributed by atoms with Crippen LogP contribution >= 0.6 is 31.9 Å². The number of carbonyl (C=O) groups is 1. The molecule has 0 unspecified atom stereocenters. The van der Waals surface area contributed by atoms with Crippen LogP contribution in [0.5, 0.6) is 0 Å². The van der Waals surface area contributed by atoms with Crippen LogP contribution in [0, 0.1) is 0 Å². The van der Waals surface area contributed by atoms with Gasteiger partial charge in [0.15, 0.2) is 5.78 Å². The molecule has 0 aliphatic carbocycles. The normalized spacial score (nSPS) is 10.8. The largest absolute Gasteiger partial charge is 0.355 e. The minimum Gasteiger partial charge on any atom is -0.291 e.